The highest BCUT2D eigenvalue weighted by atomic mass is 127. The first-order valence-electron chi connectivity index (χ1n) is 20.3. The Balaban J connectivity index is 1.63. The molecule has 0 unspecified atom stereocenters. The third-order valence-corrected chi connectivity index (χ3v) is 10.9. The molecule has 0 spiro atoms. The number of ether oxygens (including phenoxy) is 4. The minimum atomic E-state index is 0.742. The van der Waals surface area contributed by atoms with Gasteiger partial charge < -0.3 is 18.9 Å². The molecule has 0 saturated heterocycles. The van der Waals surface area contributed by atoms with E-state index in [2.05, 4.69) is 124 Å². The number of methoxy groups -OCH3 is 2. The van der Waals surface area contributed by atoms with Gasteiger partial charge in [0.05, 0.1) is 27.4 Å². The van der Waals surface area contributed by atoms with Crippen LogP contribution >= 0.6 is 22.6 Å². The van der Waals surface area contributed by atoms with Crippen LogP contribution in [0, 0.1) is 54.9 Å². The normalized spacial score (nSPS) is 10.6. The third kappa shape index (κ3) is 13.3. The number of benzene rings is 4. The summed E-state index contributed by atoms with van der Waals surface area (Å²) in [5.74, 6) is 17.4. The van der Waals surface area contributed by atoms with Gasteiger partial charge in [-0.25, -0.2) is 0 Å². The maximum atomic E-state index is 6.16. The van der Waals surface area contributed by atoms with E-state index in [0.717, 1.165) is 108 Å². The van der Waals surface area contributed by atoms with Crippen LogP contribution in [0.25, 0.3) is 11.1 Å². The van der Waals surface area contributed by atoms with Crippen molar-refractivity contribution in [3.63, 3.8) is 0 Å². The first-order valence-corrected chi connectivity index (χ1v) is 21.3. The summed E-state index contributed by atoms with van der Waals surface area (Å²) in [5, 5.41) is 0. The summed E-state index contributed by atoms with van der Waals surface area (Å²) in [6, 6.07) is 18.6. The van der Waals surface area contributed by atoms with Gasteiger partial charge in [0.15, 0.2) is 0 Å². The van der Waals surface area contributed by atoms with Gasteiger partial charge in [-0.1, -0.05) is 102 Å². The zero-order valence-corrected chi connectivity index (χ0v) is 36.8. The first-order chi connectivity index (χ1) is 26.7. The second kappa shape index (κ2) is 23.1. The summed E-state index contributed by atoms with van der Waals surface area (Å²) < 4.78 is 24.8. The quantitative estimate of drug-likeness (QED) is 0.0535. The molecule has 0 aliphatic carbocycles. The van der Waals surface area contributed by atoms with Crippen molar-refractivity contribution < 1.29 is 18.9 Å². The number of hydrogen-bond donors (Lipinski definition) is 0. The fourth-order valence-corrected chi connectivity index (χ4v) is 7.43. The van der Waals surface area contributed by atoms with Gasteiger partial charge in [-0.05, 0) is 140 Å². The molecule has 0 radical (unpaired) electrons. The van der Waals surface area contributed by atoms with Crippen molar-refractivity contribution in [2.45, 2.75) is 119 Å². The van der Waals surface area contributed by atoms with Crippen molar-refractivity contribution >= 4 is 22.6 Å². The molecule has 55 heavy (non-hydrogen) atoms. The summed E-state index contributed by atoms with van der Waals surface area (Å²) in [6.45, 7) is 14.4. The minimum Gasteiger partial charge on any atom is -0.497 e. The molecule has 0 saturated carbocycles. The highest BCUT2D eigenvalue weighted by molar-refractivity contribution is 14.1. The standard InChI is InChI=1S/C50H61IO4/c1-9-11-13-15-17-19-27-54-43-29-36(3)45(37(4)30-43)24-21-40-34-49(51)41(33-47(40)48-35-42(52-7)23-26-50(48)53-8)22-25-46-38(5)31-44(32-39(46)6)55-28-20-18-16-14-12-10-2/h23,26,29-35H,9-20,27-28H2,1-8H3. The Hall–Kier alpha value is -4.07. The Labute approximate surface area is 346 Å². The number of unbranched alkanes of at least 4 members (excludes halogenated alkanes) is 10. The molecule has 4 aromatic rings. The Morgan fingerprint density at radius 1 is 0.473 bits per heavy atom. The van der Waals surface area contributed by atoms with Crippen LogP contribution in [0.3, 0.4) is 0 Å². The van der Waals surface area contributed by atoms with Gasteiger partial charge in [0.2, 0.25) is 0 Å². The van der Waals surface area contributed by atoms with Crippen molar-refractivity contribution in [2.24, 2.45) is 0 Å². The van der Waals surface area contributed by atoms with Crippen LogP contribution in [-0.2, 0) is 0 Å². The van der Waals surface area contributed by atoms with E-state index in [0.29, 0.717) is 0 Å². The van der Waals surface area contributed by atoms with E-state index in [1.807, 2.05) is 18.2 Å². The van der Waals surface area contributed by atoms with Gasteiger partial charge in [-0.2, -0.15) is 0 Å². The van der Waals surface area contributed by atoms with Gasteiger partial charge in [0.1, 0.15) is 23.0 Å². The molecule has 292 valence electrons. The number of aryl methyl sites for hydroxylation is 4. The highest BCUT2D eigenvalue weighted by Crippen LogP contribution is 2.37. The maximum Gasteiger partial charge on any atom is 0.126 e. The van der Waals surface area contributed by atoms with Gasteiger partial charge in [-0.15, -0.1) is 0 Å². The SMILES string of the molecule is CCCCCCCCOc1cc(C)c(C#Cc2cc(-c3cc(OC)ccc3OC)c(C#Cc3c(C)cc(OCCCCCCCC)cc3C)cc2I)c(C)c1. The highest BCUT2D eigenvalue weighted by Gasteiger charge is 2.15. The van der Waals surface area contributed by atoms with Crippen LogP contribution in [0.4, 0.5) is 0 Å². The van der Waals surface area contributed by atoms with Crippen LogP contribution in [-0.4, -0.2) is 27.4 Å². The van der Waals surface area contributed by atoms with Crippen LogP contribution in [0.5, 0.6) is 23.0 Å². The van der Waals surface area contributed by atoms with E-state index in [9.17, 15) is 0 Å². The van der Waals surface area contributed by atoms with Crippen molar-refractivity contribution in [1.82, 2.24) is 0 Å². The fraction of sp³-hybridized carbons (Fsp3) is 0.440. The second-order valence-corrected chi connectivity index (χ2v) is 15.7. The van der Waals surface area contributed by atoms with Crippen molar-refractivity contribution in [3.05, 3.63) is 103 Å². The Kier molecular flexibility index (Phi) is 18.3. The van der Waals surface area contributed by atoms with Crippen LogP contribution in [0.15, 0.2) is 54.6 Å². The number of halogens is 1. The zero-order valence-electron chi connectivity index (χ0n) is 34.6. The average Bonchev–Trinajstić information content (AvgIpc) is 3.17. The fourth-order valence-electron chi connectivity index (χ4n) is 6.83. The molecule has 0 aromatic heterocycles. The van der Waals surface area contributed by atoms with Gasteiger partial charge in [0, 0.05) is 37.0 Å². The molecule has 0 atom stereocenters. The lowest BCUT2D eigenvalue weighted by Crippen LogP contribution is -1.99. The predicted octanol–water partition coefficient (Wildman–Crippen LogP) is 13.5. The third-order valence-electron chi connectivity index (χ3n) is 9.99. The van der Waals surface area contributed by atoms with E-state index >= 15 is 0 Å². The molecular formula is C50H61IO4. The molecule has 4 nitrogen and oxygen atoms in total. The Morgan fingerprint density at radius 3 is 1.42 bits per heavy atom. The summed E-state index contributed by atoms with van der Waals surface area (Å²) >= 11 is 2.38. The summed E-state index contributed by atoms with van der Waals surface area (Å²) in [5.41, 5.74) is 10.1. The second-order valence-electron chi connectivity index (χ2n) is 14.5. The minimum absolute atomic E-state index is 0.742. The predicted molar refractivity (Wildman–Crippen MR) is 239 cm³/mol. The summed E-state index contributed by atoms with van der Waals surface area (Å²) in [7, 11) is 3.37. The average molecular weight is 853 g/mol. The molecule has 0 bridgehead atoms. The summed E-state index contributed by atoms with van der Waals surface area (Å²) in [4.78, 5) is 0. The first kappa shape index (κ1) is 43.7. The molecule has 0 heterocycles. The summed E-state index contributed by atoms with van der Waals surface area (Å²) in [6.07, 6.45) is 15.0. The molecule has 0 aliphatic heterocycles. The van der Waals surface area contributed by atoms with Gasteiger partial charge in [-0.3, -0.25) is 0 Å². The van der Waals surface area contributed by atoms with Gasteiger partial charge >= 0.3 is 0 Å². The lowest BCUT2D eigenvalue weighted by atomic mass is 9.95. The molecule has 0 amide bonds. The smallest absolute Gasteiger partial charge is 0.126 e. The van der Waals surface area contributed by atoms with E-state index in [1.165, 1.54) is 64.2 Å². The Morgan fingerprint density at radius 2 is 0.945 bits per heavy atom. The monoisotopic (exact) mass is 852 g/mol. The molecule has 4 aromatic carbocycles. The maximum absolute atomic E-state index is 6.16. The van der Waals surface area contributed by atoms with E-state index in [4.69, 9.17) is 18.9 Å². The molecule has 5 heteroatoms. The zero-order chi connectivity index (χ0) is 39.6. The van der Waals surface area contributed by atoms with Crippen LogP contribution < -0.4 is 18.9 Å². The molecular weight excluding hydrogens is 791 g/mol. The van der Waals surface area contributed by atoms with Gasteiger partial charge in [0.25, 0.3) is 0 Å². The van der Waals surface area contributed by atoms with E-state index in [-0.39, 0.29) is 0 Å². The largest absolute Gasteiger partial charge is 0.497 e. The van der Waals surface area contributed by atoms with Crippen molar-refractivity contribution in [3.8, 4) is 57.8 Å². The molecule has 0 aliphatic rings. The van der Waals surface area contributed by atoms with Crippen LogP contribution in [0.2, 0.25) is 0 Å². The van der Waals surface area contributed by atoms with Crippen molar-refractivity contribution in [2.75, 3.05) is 27.4 Å². The Bertz CT molecular complexity index is 1940. The molecule has 0 fully saturated rings. The number of rotatable bonds is 19. The lowest BCUT2D eigenvalue weighted by Gasteiger charge is -2.14. The van der Waals surface area contributed by atoms with E-state index < -0.39 is 0 Å². The lowest BCUT2D eigenvalue weighted by molar-refractivity contribution is 0.304. The van der Waals surface area contributed by atoms with Crippen molar-refractivity contribution in [1.29, 1.82) is 0 Å². The van der Waals surface area contributed by atoms with E-state index in [1.54, 1.807) is 14.2 Å². The molecule has 4 rings (SSSR count). The topological polar surface area (TPSA) is 36.9 Å². The van der Waals surface area contributed by atoms with Crippen LogP contribution in [0.1, 0.15) is 135 Å². The molecule has 0 N–H and O–H groups in total. The number of hydrogen-bond acceptors (Lipinski definition) is 4.